The molecule has 6 nitrogen and oxygen atoms in total. The van der Waals surface area contributed by atoms with Crippen LogP contribution in [0, 0.1) is 5.82 Å². The summed E-state index contributed by atoms with van der Waals surface area (Å²) in [5, 5.41) is 9.35. The number of hydrogen-bond donors (Lipinski definition) is 1. The fourth-order valence-electron chi connectivity index (χ4n) is 4.42. The lowest BCUT2D eigenvalue weighted by atomic mass is 9.90. The van der Waals surface area contributed by atoms with Crippen molar-refractivity contribution in [3.8, 4) is 0 Å². The Labute approximate surface area is 169 Å². The Morgan fingerprint density at radius 3 is 2.21 bits per heavy atom. The van der Waals surface area contributed by atoms with Gasteiger partial charge in [0.25, 0.3) is 0 Å². The second-order valence-electron chi connectivity index (χ2n) is 8.44. The van der Waals surface area contributed by atoms with Crippen molar-refractivity contribution in [1.29, 1.82) is 0 Å². The van der Waals surface area contributed by atoms with Crippen LogP contribution in [0.15, 0.2) is 15.8 Å². The molecule has 1 N–H and O–H groups in total. The van der Waals surface area contributed by atoms with Gasteiger partial charge in [0.1, 0.15) is 17.2 Å². The first kappa shape index (κ1) is 20.2. The van der Waals surface area contributed by atoms with Crippen molar-refractivity contribution in [2.45, 2.75) is 69.6 Å². The highest BCUT2D eigenvalue weighted by Crippen LogP contribution is 2.38. The van der Waals surface area contributed by atoms with E-state index in [9.17, 15) is 22.7 Å². The molecule has 156 valence electrons. The number of oxazole rings is 1. The fourth-order valence-corrected chi connectivity index (χ4v) is 5.50. The van der Waals surface area contributed by atoms with E-state index < -0.39 is 32.2 Å². The number of aliphatic hydroxyl groups is 1. The Kier molecular flexibility index (Phi) is 4.90. The lowest BCUT2D eigenvalue weighted by Crippen LogP contribution is -2.20. The van der Waals surface area contributed by atoms with Gasteiger partial charge in [-0.1, -0.05) is 0 Å². The van der Waals surface area contributed by atoms with E-state index in [4.69, 9.17) is 4.42 Å². The first-order chi connectivity index (χ1) is 13.6. The first-order valence-electron chi connectivity index (χ1n) is 9.85. The quantitative estimate of drug-likeness (QED) is 0.770. The molecule has 1 aromatic heterocycles. The number of Topliss-reactive ketones (excluding diaryl/α,β-unsaturated/α-hetero) is 1. The molecule has 2 aliphatic carbocycles. The average molecular weight is 421 g/mol. The van der Waals surface area contributed by atoms with Crippen molar-refractivity contribution < 1.29 is 27.1 Å². The monoisotopic (exact) mass is 421 g/mol. The van der Waals surface area contributed by atoms with Crippen LogP contribution in [0.4, 0.5) is 4.39 Å². The predicted molar refractivity (Wildman–Crippen MR) is 103 cm³/mol. The van der Waals surface area contributed by atoms with Gasteiger partial charge in [0.15, 0.2) is 11.5 Å². The van der Waals surface area contributed by atoms with E-state index in [0.29, 0.717) is 24.0 Å². The molecule has 8 heteroatoms. The molecule has 0 fully saturated rings. The van der Waals surface area contributed by atoms with Crippen LogP contribution in [0.2, 0.25) is 0 Å². The zero-order chi connectivity index (χ0) is 21.0. The molecule has 0 saturated heterocycles. The van der Waals surface area contributed by atoms with Crippen LogP contribution in [0.25, 0.3) is 0 Å². The lowest BCUT2D eigenvalue weighted by molar-refractivity contribution is -0.116. The predicted octanol–water partition coefficient (Wildman–Crippen LogP) is 2.60. The molecule has 2 aliphatic rings. The van der Waals surface area contributed by atoms with Crippen LogP contribution in [0.5, 0.6) is 0 Å². The Morgan fingerprint density at radius 2 is 1.69 bits per heavy atom. The highest BCUT2D eigenvalue weighted by molar-refractivity contribution is 7.91. The molecule has 0 spiro atoms. The van der Waals surface area contributed by atoms with E-state index in [1.165, 1.54) is 13.8 Å². The largest absolute Gasteiger partial charge is 0.430 e. The van der Waals surface area contributed by atoms with E-state index in [0.717, 1.165) is 48.6 Å². The van der Waals surface area contributed by atoms with Crippen molar-refractivity contribution in [3.63, 3.8) is 0 Å². The number of hydrogen-bond acceptors (Lipinski definition) is 6. The first-order valence-corrected chi connectivity index (χ1v) is 11.5. The number of rotatable bonds is 6. The molecule has 4 rings (SSSR count). The highest BCUT2D eigenvalue weighted by atomic mass is 32.2. The SMILES string of the molecule is CC(C)(O)c1cnc(S(=O)(=O)CC(=O)Cc2c3c(c(F)c4c2CCC4)CCC3)o1. The van der Waals surface area contributed by atoms with Crippen molar-refractivity contribution in [2.75, 3.05) is 5.75 Å². The number of aromatic nitrogens is 1. The fraction of sp³-hybridized carbons (Fsp3) is 0.524. The summed E-state index contributed by atoms with van der Waals surface area (Å²) in [4.78, 5) is 16.4. The summed E-state index contributed by atoms with van der Waals surface area (Å²) in [7, 11) is -4.07. The Morgan fingerprint density at radius 1 is 1.14 bits per heavy atom. The van der Waals surface area contributed by atoms with Gasteiger partial charge in [0, 0.05) is 6.42 Å². The lowest BCUT2D eigenvalue weighted by Gasteiger charge is -2.16. The smallest absolute Gasteiger partial charge is 0.315 e. The number of sulfone groups is 1. The summed E-state index contributed by atoms with van der Waals surface area (Å²) in [5.74, 6) is -1.31. The molecular weight excluding hydrogens is 397 g/mol. The van der Waals surface area contributed by atoms with Crippen LogP contribution in [-0.4, -0.2) is 30.0 Å². The van der Waals surface area contributed by atoms with Gasteiger partial charge < -0.3 is 9.52 Å². The molecular formula is C21H24FNO5S. The molecule has 29 heavy (non-hydrogen) atoms. The molecule has 0 unspecified atom stereocenters. The number of fused-ring (bicyclic) bond motifs is 2. The minimum absolute atomic E-state index is 0.0118. The maximum absolute atomic E-state index is 14.8. The van der Waals surface area contributed by atoms with Crippen molar-refractivity contribution in [1.82, 2.24) is 4.98 Å². The molecule has 0 atom stereocenters. The summed E-state index contributed by atoms with van der Waals surface area (Å²) in [6, 6.07) is 0. The van der Waals surface area contributed by atoms with Crippen molar-refractivity contribution >= 4 is 15.6 Å². The molecule has 0 radical (unpaired) electrons. The van der Waals surface area contributed by atoms with Crippen LogP contribution in [-0.2, 0) is 52.3 Å². The molecule has 0 bridgehead atoms. The van der Waals surface area contributed by atoms with Crippen LogP contribution < -0.4 is 0 Å². The van der Waals surface area contributed by atoms with Gasteiger partial charge in [-0.2, -0.15) is 0 Å². The van der Waals surface area contributed by atoms with Gasteiger partial charge in [-0.3, -0.25) is 4.79 Å². The molecule has 2 aromatic rings. The number of carbonyl (C=O) groups is 1. The summed E-state index contributed by atoms with van der Waals surface area (Å²) in [6.45, 7) is 2.90. The second kappa shape index (κ2) is 7.02. The average Bonchev–Trinajstić information content (AvgIpc) is 3.37. The molecule has 0 saturated carbocycles. The van der Waals surface area contributed by atoms with Gasteiger partial charge in [-0.05, 0) is 80.2 Å². The van der Waals surface area contributed by atoms with Gasteiger partial charge in [-0.25, -0.2) is 17.8 Å². The van der Waals surface area contributed by atoms with E-state index in [1.54, 1.807) is 0 Å². The van der Waals surface area contributed by atoms with Gasteiger partial charge in [0.05, 0.1) is 6.20 Å². The van der Waals surface area contributed by atoms with Gasteiger partial charge >= 0.3 is 5.22 Å². The third kappa shape index (κ3) is 3.64. The molecule has 0 aliphatic heterocycles. The summed E-state index contributed by atoms with van der Waals surface area (Å²) in [5.41, 5.74) is 2.66. The van der Waals surface area contributed by atoms with Crippen LogP contribution >= 0.6 is 0 Å². The van der Waals surface area contributed by atoms with E-state index in [2.05, 4.69) is 4.98 Å². The molecule has 1 aromatic carbocycles. The highest BCUT2D eigenvalue weighted by Gasteiger charge is 2.32. The van der Waals surface area contributed by atoms with E-state index >= 15 is 0 Å². The second-order valence-corrected chi connectivity index (χ2v) is 10.3. The van der Waals surface area contributed by atoms with Crippen molar-refractivity contribution in [3.05, 3.63) is 45.6 Å². The zero-order valence-corrected chi connectivity index (χ0v) is 17.4. The number of carbonyl (C=O) groups excluding carboxylic acids is 1. The molecule has 1 heterocycles. The van der Waals surface area contributed by atoms with Crippen LogP contribution in [0.1, 0.15) is 60.3 Å². The van der Waals surface area contributed by atoms with Gasteiger partial charge in [0.2, 0.25) is 9.84 Å². The number of nitrogens with zero attached hydrogens (tertiary/aromatic N) is 1. The number of halogens is 1. The number of benzene rings is 1. The minimum Gasteiger partial charge on any atom is -0.430 e. The van der Waals surface area contributed by atoms with E-state index in [-0.39, 0.29) is 18.0 Å². The Bertz CT molecular complexity index is 1060. The Balaban J connectivity index is 1.59. The maximum Gasteiger partial charge on any atom is 0.315 e. The summed E-state index contributed by atoms with van der Waals surface area (Å²) < 4.78 is 45.1. The summed E-state index contributed by atoms with van der Waals surface area (Å²) in [6.07, 6.45) is 5.62. The van der Waals surface area contributed by atoms with Gasteiger partial charge in [-0.15, -0.1) is 0 Å². The standard InChI is InChI=1S/C21H24FNO5S/c1-21(2,25)18-10-23-20(28-18)29(26,27)11-12(24)9-17-13-5-3-7-15(13)19(22)16-8-4-6-14(16)17/h10,25H,3-9,11H2,1-2H3. The zero-order valence-electron chi connectivity index (χ0n) is 16.5. The topological polar surface area (TPSA) is 97.5 Å². The third-order valence-corrected chi connectivity index (χ3v) is 7.20. The third-order valence-electron chi connectivity index (χ3n) is 5.77. The normalized spacial score (nSPS) is 16.1. The minimum atomic E-state index is -4.07. The Hall–Kier alpha value is -2.06. The van der Waals surface area contributed by atoms with Crippen LogP contribution in [0.3, 0.4) is 0 Å². The maximum atomic E-state index is 14.8. The summed E-state index contributed by atoms with van der Waals surface area (Å²) >= 11 is 0. The van der Waals surface area contributed by atoms with Crippen molar-refractivity contribution in [2.24, 2.45) is 0 Å². The number of ketones is 1. The van der Waals surface area contributed by atoms with E-state index in [1.807, 2.05) is 0 Å². The molecule has 0 amide bonds.